The topological polar surface area (TPSA) is 46.2 Å². The van der Waals surface area contributed by atoms with Crippen LogP contribution in [0, 0.1) is 6.92 Å². The number of nitrogens with one attached hydrogen (secondary N) is 1. The van der Waals surface area contributed by atoms with Crippen molar-refractivity contribution < 1.29 is 8.42 Å². The first kappa shape index (κ1) is 16.1. The van der Waals surface area contributed by atoms with Gasteiger partial charge in [-0.3, -0.25) is 0 Å². The first-order valence-electron chi connectivity index (χ1n) is 5.95. The molecule has 6 heteroatoms. The van der Waals surface area contributed by atoms with Crippen molar-refractivity contribution in [1.29, 1.82) is 0 Å². The molecule has 0 aromatic carbocycles. The van der Waals surface area contributed by atoms with Crippen molar-refractivity contribution in [2.45, 2.75) is 38.5 Å². The molecule has 0 bridgehead atoms. The fourth-order valence-electron chi connectivity index (χ4n) is 1.68. The van der Waals surface area contributed by atoms with Gasteiger partial charge in [0.25, 0.3) is 0 Å². The van der Waals surface area contributed by atoms with Crippen molar-refractivity contribution >= 4 is 37.1 Å². The van der Waals surface area contributed by atoms with Gasteiger partial charge in [0.05, 0.1) is 11.3 Å². The summed E-state index contributed by atoms with van der Waals surface area (Å²) in [6.07, 6.45) is 2.28. The van der Waals surface area contributed by atoms with E-state index in [-0.39, 0.29) is 6.04 Å². The Kier molecular flexibility index (Phi) is 5.83. The van der Waals surface area contributed by atoms with Gasteiger partial charge in [-0.15, -0.1) is 11.3 Å². The maximum atomic E-state index is 11.8. The van der Waals surface area contributed by atoms with E-state index in [1.807, 2.05) is 13.0 Å². The van der Waals surface area contributed by atoms with Gasteiger partial charge in [-0.2, -0.15) is 0 Å². The minimum Gasteiger partial charge on any atom is -0.308 e. The summed E-state index contributed by atoms with van der Waals surface area (Å²) in [6.45, 7) is 6.69. The SMILES string of the molecule is CCCNC(c1cc(Br)c(C)s1)C(C)S(C)(=O)=O. The number of hydrogen-bond donors (Lipinski definition) is 1. The Morgan fingerprint density at radius 2 is 2.11 bits per heavy atom. The minimum absolute atomic E-state index is 0.130. The average molecular weight is 354 g/mol. The van der Waals surface area contributed by atoms with Gasteiger partial charge in [0.2, 0.25) is 0 Å². The van der Waals surface area contributed by atoms with E-state index in [9.17, 15) is 8.42 Å². The van der Waals surface area contributed by atoms with E-state index in [0.29, 0.717) is 0 Å². The molecule has 0 aliphatic heterocycles. The molecule has 0 saturated carbocycles. The zero-order chi connectivity index (χ0) is 13.9. The third kappa shape index (κ3) is 4.05. The van der Waals surface area contributed by atoms with E-state index in [4.69, 9.17) is 0 Å². The molecule has 1 N–H and O–H groups in total. The molecule has 1 aromatic heterocycles. The highest BCUT2D eigenvalue weighted by molar-refractivity contribution is 9.10. The van der Waals surface area contributed by atoms with Crippen LogP contribution in [0.15, 0.2) is 10.5 Å². The largest absolute Gasteiger partial charge is 0.308 e. The van der Waals surface area contributed by atoms with Gasteiger partial charge in [-0.1, -0.05) is 6.92 Å². The molecule has 0 saturated heterocycles. The molecule has 0 amide bonds. The standard InChI is InChI=1S/C12H20BrNO2S2/c1-5-6-14-12(9(3)18(4,15)16)11-7-10(13)8(2)17-11/h7,9,12,14H,5-6H2,1-4H3. The summed E-state index contributed by atoms with van der Waals surface area (Å²) in [7, 11) is -3.06. The molecule has 1 heterocycles. The van der Waals surface area contributed by atoms with E-state index in [1.54, 1.807) is 18.3 Å². The molecule has 0 aliphatic carbocycles. The molecule has 104 valence electrons. The Hall–Kier alpha value is 0.0900. The molecule has 3 nitrogen and oxygen atoms in total. The third-order valence-electron chi connectivity index (χ3n) is 2.94. The second-order valence-electron chi connectivity index (χ2n) is 4.52. The quantitative estimate of drug-likeness (QED) is 0.853. The van der Waals surface area contributed by atoms with Crippen LogP contribution in [0.3, 0.4) is 0 Å². The molecule has 2 unspecified atom stereocenters. The van der Waals surface area contributed by atoms with E-state index >= 15 is 0 Å². The number of sulfone groups is 1. The third-order valence-corrected chi connectivity index (χ3v) is 6.78. The predicted octanol–water partition coefficient (Wildman–Crippen LogP) is 3.29. The lowest BCUT2D eigenvalue weighted by molar-refractivity contribution is 0.506. The molecule has 0 spiro atoms. The summed E-state index contributed by atoms with van der Waals surface area (Å²) in [6, 6.07) is 1.89. The van der Waals surface area contributed by atoms with Crippen LogP contribution in [0.25, 0.3) is 0 Å². The fourth-order valence-corrected chi connectivity index (χ4v) is 4.25. The zero-order valence-electron chi connectivity index (χ0n) is 11.2. The monoisotopic (exact) mass is 353 g/mol. The summed E-state index contributed by atoms with van der Waals surface area (Å²) >= 11 is 5.13. The van der Waals surface area contributed by atoms with Gasteiger partial charge in [0, 0.05) is 20.5 Å². The van der Waals surface area contributed by atoms with Crippen molar-refractivity contribution in [1.82, 2.24) is 5.32 Å². The summed E-state index contributed by atoms with van der Waals surface area (Å²) in [5, 5.41) is 2.92. The number of hydrogen-bond acceptors (Lipinski definition) is 4. The predicted molar refractivity (Wildman–Crippen MR) is 82.1 cm³/mol. The molecule has 1 rings (SSSR count). The number of thiophene rings is 1. The highest BCUT2D eigenvalue weighted by Crippen LogP contribution is 2.33. The lowest BCUT2D eigenvalue weighted by Crippen LogP contribution is -2.34. The summed E-state index contributed by atoms with van der Waals surface area (Å²) < 4.78 is 24.6. The maximum absolute atomic E-state index is 11.8. The molecule has 1 aromatic rings. The summed E-state index contributed by atoms with van der Waals surface area (Å²) in [5.74, 6) is 0. The summed E-state index contributed by atoms with van der Waals surface area (Å²) in [4.78, 5) is 2.25. The molecule has 0 radical (unpaired) electrons. The smallest absolute Gasteiger partial charge is 0.151 e. The first-order chi connectivity index (χ1) is 8.27. The van der Waals surface area contributed by atoms with Crippen molar-refractivity contribution in [3.05, 3.63) is 20.3 Å². The Morgan fingerprint density at radius 3 is 2.50 bits per heavy atom. The van der Waals surface area contributed by atoms with Gasteiger partial charge in [-0.25, -0.2) is 8.42 Å². The van der Waals surface area contributed by atoms with Crippen LogP contribution >= 0.6 is 27.3 Å². The minimum atomic E-state index is -3.06. The van der Waals surface area contributed by atoms with E-state index in [0.717, 1.165) is 22.3 Å². The Labute approximate surface area is 122 Å². The Balaban J connectivity index is 3.05. The van der Waals surface area contributed by atoms with E-state index < -0.39 is 15.1 Å². The maximum Gasteiger partial charge on any atom is 0.151 e. The number of aryl methyl sites for hydroxylation is 1. The van der Waals surface area contributed by atoms with Crippen LogP contribution in [0.2, 0.25) is 0 Å². The highest BCUT2D eigenvalue weighted by Gasteiger charge is 2.28. The fraction of sp³-hybridized carbons (Fsp3) is 0.667. The Morgan fingerprint density at radius 1 is 1.50 bits per heavy atom. The second kappa shape index (κ2) is 6.50. The number of halogens is 1. The molecule has 0 aliphatic rings. The highest BCUT2D eigenvalue weighted by atomic mass is 79.9. The molecular weight excluding hydrogens is 334 g/mol. The van der Waals surface area contributed by atoms with Crippen LogP contribution in [-0.4, -0.2) is 26.5 Å². The van der Waals surface area contributed by atoms with Crippen molar-refractivity contribution in [3.63, 3.8) is 0 Å². The van der Waals surface area contributed by atoms with Gasteiger partial charge in [0.1, 0.15) is 0 Å². The molecule has 0 fully saturated rings. The second-order valence-corrected chi connectivity index (χ2v) is 9.06. The van der Waals surface area contributed by atoms with E-state index in [2.05, 4.69) is 28.2 Å². The van der Waals surface area contributed by atoms with Gasteiger partial charge in [0.15, 0.2) is 9.84 Å². The molecule has 18 heavy (non-hydrogen) atoms. The normalized spacial score (nSPS) is 15.6. The van der Waals surface area contributed by atoms with Crippen molar-refractivity contribution in [2.24, 2.45) is 0 Å². The first-order valence-corrected chi connectivity index (χ1v) is 9.51. The lowest BCUT2D eigenvalue weighted by Gasteiger charge is -2.22. The van der Waals surface area contributed by atoms with Crippen LogP contribution in [0.4, 0.5) is 0 Å². The van der Waals surface area contributed by atoms with Crippen molar-refractivity contribution in [2.75, 3.05) is 12.8 Å². The zero-order valence-corrected chi connectivity index (χ0v) is 14.4. The van der Waals surface area contributed by atoms with Gasteiger partial charge in [-0.05, 0) is 48.8 Å². The van der Waals surface area contributed by atoms with E-state index in [1.165, 1.54) is 11.1 Å². The van der Waals surface area contributed by atoms with Crippen LogP contribution in [0.5, 0.6) is 0 Å². The molecule has 2 atom stereocenters. The number of rotatable bonds is 6. The van der Waals surface area contributed by atoms with Crippen molar-refractivity contribution in [3.8, 4) is 0 Å². The average Bonchev–Trinajstić information content (AvgIpc) is 2.58. The van der Waals surface area contributed by atoms with Crippen LogP contribution < -0.4 is 5.32 Å². The molecular formula is C12H20BrNO2S2. The van der Waals surface area contributed by atoms with Crippen LogP contribution in [0.1, 0.15) is 36.1 Å². The van der Waals surface area contributed by atoms with Gasteiger partial charge < -0.3 is 5.32 Å². The Bertz CT molecular complexity index is 477. The summed E-state index contributed by atoms with van der Waals surface area (Å²) in [5.41, 5.74) is 0. The van der Waals surface area contributed by atoms with Crippen LogP contribution in [-0.2, 0) is 9.84 Å². The van der Waals surface area contributed by atoms with Gasteiger partial charge >= 0.3 is 0 Å². The lowest BCUT2D eigenvalue weighted by atomic mass is 10.2.